The van der Waals surface area contributed by atoms with E-state index in [1.807, 2.05) is 18.7 Å². The molecule has 0 aliphatic heterocycles. The molecule has 0 radical (unpaired) electrons. The van der Waals surface area contributed by atoms with E-state index in [0.29, 0.717) is 11.9 Å². The van der Waals surface area contributed by atoms with Gasteiger partial charge in [-0.3, -0.25) is 10.8 Å². The largest absolute Gasteiger partial charge is 0.360 e. The van der Waals surface area contributed by atoms with E-state index in [2.05, 4.69) is 31.2 Å². The maximum Gasteiger partial charge on any atom is 0.188 e. The van der Waals surface area contributed by atoms with Crippen LogP contribution in [0.5, 0.6) is 0 Å². The van der Waals surface area contributed by atoms with E-state index in [0.717, 1.165) is 55.4 Å². The lowest BCUT2D eigenvalue weighted by Gasteiger charge is -2.10. The molecule has 7 N–H and O–H groups in total. The number of aryl methyl sites for hydroxylation is 1. The van der Waals surface area contributed by atoms with Gasteiger partial charge in [0.25, 0.3) is 0 Å². The van der Waals surface area contributed by atoms with E-state index >= 15 is 0 Å². The number of nitrogens with one attached hydrogen (secondary N) is 7. The molecule has 1 aromatic heterocycles. The first-order valence-corrected chi connectivity index (χ1v) is 10.9. The molecule has 0 unspecified atom stereocenters. The number of halogens is 3. The molecule has 0 fully saturated rings. The van der Waals surface area contributed by atoms with E-state index in [1.165, 1.54) is 25.7 Å². The molecule has 178 valence electrons. The average molecular weight is 506 g/mol. The highest BCUT2D eigenvalue weighted by molar-refractivity contribution is 7.98. The Morgan fingerprint density at radius 1 is 0.900 bits per heavy atom. The molecule has 1 rings (SSSR count). The first-order valence-electron chi connectivity index (χ1n) is 9.76. The third kappa shape index (κ3) is 17.8. The number of imidazole rings is 1. The molecule has 0 aliphatic rings. The normalized spacial score (nSPS) is 9.40. The van der Waals surface area contributed by atoms with Crippen LogP contribution in [0.15, 0.2) is 6.33 Å². The molecule has 0 atom stereocenters. The Balaban J connectivity index is -0.00000243. The van der Waals surface area contributed by atoms with Gasteiger partial charge in [0, 0.05) is 43.9 Å². The fourth-order valence-corrected chi connectivity index (χ4v) is 3.36. The van der Waals surface area contributed by atoms with Crippen LogP contribution in [0.1, 0.15) is 49.9 Å². The SMILES string of the molecule is CNC(=N)NCCCCCCCCNC(=N)NCCSCc1nc[nH]c1C.Cl.Cl.Cl. The Labute approximate surface area is 203 Å². The van der Waals surface area contributed by atoms with Gasteiger partial charge in [-0.15, -0.1) is 37.2 Å². The lowest BCUT2D eigenvalue weighted by Crippen LogP contribution is -2.37. The van der Waals surface area contributed by atoms with Crippen molar-refractivity contribution in [1.82, 2.24) is 31.2 Å². The summed E-state index contributed by atoms with van der Waals surface area (Å²) in [7, 11) is 1.75. The van der Waals surface area contributed by atoms with E-state index in [1.54, 1.807) is 13.4 Å². The van der Waals surface area contributed by atoms with Crippen molar-refractivity contribution in [2.75, 3.05) is 32.4 Å². The molecule has 8 nitrogen and oxygen atoms in total. The zero-order chi connectivity index (χ0) is 19.7. The number of guanidine groups is 2. The molecular formula is C18H39Cl3N8S. The molecule has 0 aromatic carbocycles. The Hall–Kier alpha value is -1.03. The Morgan fingerprint density at radius 2 is 1.43 bits per heavy atom. The van der Waals surface area contributed by atoms with Crippen molar-refractivity contribution < 1.29 is 0 Å². The van der Waals surface area contributed by atoms with Gasteiger partial charge in [-0.25, -0.2) is 4.98 Å². The molecule has 0 saturated carbocycles. The third-order valence-corrected chi connectivity index (χ3v) is 5.15. The lowest BCUT2D eigenvalue weighted by atomic mass is 10.1. The zero-order valence-corrected chi connectivity index (χ0v) is 21.2. The van der Waals surface area contributed by atoms with Crippen LogP contribution in [0.2, 0.25) is 0 Å². The van der Waals surface area contributed by atoms with Crippen molar-refractivity contribution in [3.8, 4) is 0 Å². The molecule has 30 heavy (non-hydrogen) atoms. The summed E-state index contributed by atoms with van der Waals surface area (Å²) in [6.45, 7) is 4.55. The second kappa shape index (κ2) is 22.7. The molecule has 0 aliphatic carbocycles. The van der Waals surface area contributed by atoms with Crippen LogP contribution in [0.3, 0.4) is 0 Å². The quantitative estimate of drug-likeness (QED) is 0.118. The van der Waals surface area contributed by atoms with Crippen molar-refractivity contribution in [2.45, 2.75) is 51.2 Å². The second-order valence-corrected chi connectivity index (χ2v) is 7.53. The Kier molecular flexibility index (Phi) is 25.4. The van der Waals surface area contributed by atoms with Gasteiger partial charge in [-0.2, -0.15) is 11.8 Å². The van der Waals surface area contributed by atoms with Gasteiger partial charge in [0.15, 0.2) is 11.9 Å². The van der Waals surface area contributed by atoms with Gasteiger partial charge < -0.3 is 26.3 Å². The molecule has 1 heterocycles. The Morgan fingerprint density at radius 3 is 1.97 bits per heavy atom. The monoisotopic (exact) mass is 504 g/mol. The predicted octanol–water partition coefficient (Wildman–Crippen LogP) is 3.42. The summed E-state index contributed by atoms with van der Waals surface area (Å²) in [5.41, 5.74) is 2.25. The van der Waals surface area contributed by atoms with Crippen LogP contribution in [-0.4, -0.2) is 54.3 Å². The third-order valence-electron chi connectivity index (χ3n) is 4.18. The first-order chi connectivity index (χ1) is 13.1. The first kappa shape index (κ1) is 33.6. The topological polar surface area (TPSA) is 124 Å². The van der Waals surface area contributed by atoms with E-state index in [4.69, 9.17) is 10.8 Å². The summed E-state index contributed by atoms with van der Waals surface area (Å²) < 4.78 is 0. The summed E-state index contributed by atoms with van der Waals surface area (Å²) in [6.07, 6.45) is 8.79. The summed E-state index contributed by atoms with van der Waals surface area (Å²) in [5, 5.41) is 27.3. The lowest BCUT2D eigenvalue weighted by molar-refractivity contribution is 0.583. The summed E-state index contributed by atoms with van der Waals surface area (Å²) in [6, 6.07) is 0. The van der Waals surface area contributed by atoms with E-state index in [9.17, 15) is 0 Å². The maximum atomic E-state index is 7.86. The van der Waals surface area contributed by atoms with Crippen LogP contribution in [0.25, 0.3) is 0 Å². The number of hydrogen-bond acceptors (Lipinski definition) is 4. The van der Waals surface area contributed by atoms with Gasteiger partial charge in [0.1, 0.15) is 0 Å². The molecule has 12 heteroatoms. The number of unbranched alkanes of at least 4 members (excludes halogenated alkanes) is 5. The van der Waals surface area contributed by atoms with Crippen LogP contribution in [0, 0.1) is 17.7 Å². The number of thioether (sulfide) groups is 1. The van der Waals surface area contributed by atoms with Gasteiger partial charge in [0.05, 0.1) is 12.0 Å². The number of rotatable bonds is 14. The van der Waals surface area contributed by atoms with E-state index < -0.39 is 0 Å². The smallest absolute Gasteiger partial charge is 0.188 e. The maximum absolute atomic E-state index is 7.86. The minimum Gasteiger partial charge on any atom is -0.360 e. The minimum atomic E-state index is 0. The summed E-state index contributed by atoms with van der Waals surface area (Å²) in [5.74, 6) is 2.68. The highest BCUT2D eigenvalue weighted by Gasteiger charge is 2.01. The van der Waals surface area contributed by atoms with Crippen molar-refractivity contribution in [1.29, 1.82) is 10.8 Å². The number of aromatic amines is 1. The Bertz CT molecular complexity index is 545. The van der Waals surface area contributed by atoms with Gasteiger partial charge >= 0.3 is 0 Å². The highest BCUT2D eigenvalue weighted by Crippen LogP contribution is 2.11. The predicted molar refractivity (Wildman–Crippen MR) is 137 cm³/mol. The van der Waals surface area contributed by atoms with Crippen molar-refractivity contribution >= 4 is 60.9 Å². The molecule has 0 bridgehead atoms. The van der Waals surface area contributed by atoms with Crippen LogP contribution >= 0.6 is 49.0 Å². The fraction of sp³-hybridized carbons (Fsp3) is 0.722. The van der Waals surface area contributed by atoms with Gasteiger partial charge in [-0.05, 0) is 19.8 Å². The molecule has 0 spiro atoms. The van der Waals surface area contributed by atoms with Crippen LogP contribution < -0.4 is 21.3 Å². The average Bonchev–Trinajstić information content (AvgIpc) is 3.07. The fourth-order valence-electron chi connectivity index (χ4n) is 2.48. The number of nitrogens with zero attached hydrogens (tertiary/aromatic N) is 1. The zero-order valence-electron chi connectivity index (χ0n) is 17.9. The summed E-state index contributed by atoms with van der Waals surface area (Å²) >= 11 is 1.82. The molecule has 1 aromatic rings. The minimum absolute atomic E-state index is 0. The van der Waals surface area contributed by atoms with Gasteiger partial charge in [-0.1, -0.05) is 25.7 Å². The molecule has 0 amide bonds. The summed E-state index contributed by atoms with van der Waals surface area (Å²) in [4.78, 5) is 7.37. The molecular weight excluding hydrogens is 467 g/mol. The van der Waals surface area contributed by atoms with Crippen LogP contribution in [0.4, 0.5) is 0 Å². The number of aromatic nitrogens is 2. The molecule has 0 saturated heterocycles. The highest BCUT2D eigenvalue weighted by atomic mass is 35.5. The number of hydrogen-bond donors (Lipinski definition) is 7. The van der Waals surface area contributed by atoms with Gasteiger partial charge in [0.2, 0.25) is 0 Å². The standard InChI is InChI=1S/C18H36N8S.3ClH/c1-15-16(26-14-25-15)13-27-12-11-24-18(20)23-10-8-6-4-3-5-7-9-22-17(19)21-2;;;/h14H,3-13H2,1-2H3,(H,25,26)(H3,19,21,22)(H3,20,23,24);3*1H. The van der Waals surface area contributed by atoms with Crippen molar-refractivity contribution in [3.63, 3.8) is 0 Å². The van der Waals surface area contributed by atoms with E-state index in [-0.39, 0.29) is 37.2 Å². The van der Waals surface area contributed by atoms with Crippen molar-refractivity contribution in [2.24, 2.45) is 0 Å². The second-order valence-electron chi connectivity index (χ2n) is 6.43. The van der Waals surface area contributed by atoms with Crippen LogP contribution in [-0.2, 0) is 5.75 Å². The number of H-pyrrole nitrogens is 1. The van der Waals surface area contributed by atoms with Crippen molar-refractivity contribution in [3.05, 3.63) is 17.7 Å².